The van der Waals surface area contributed by atoms with Gasteiger partial charge in [-0.15, -0.1) is 0 Å². The lowest BCUT2D eigenvalue weighted by molar-refractivity contribution is 0.0730. The molecule has 2 aromatic carbocycles. The predicted octanol–water partition coefficient (Wildman–Crippen LogP) is 2.56. The summed E-state index contributed by atoms with van der Waals surface area (Å²) in [4.78, 5) is 8.22. The summed E-state index contributed by atoms with van der Waals surface area (Å²) in [5, 5.41) is 0. The third-order valence-electron chi connectivity index (χ3n) is 4.45. The summed E-state index contributed by atoms with van der Waals surface area (Å²) in [7, 11) is -3.47. The Morgan fingerprint density at radius 1 is 1.08 bits per heavy atom. The predicted molar refractivity (Wildman–Crippen MR) is 95.8 cm³/mol. The first-order valence-corrected chi connectivity index (χ1v) is 9.63. The smallest absolute Gasteiger partial charge is 0.243 e. The summed E-state index contributed by atoms with van der Waals surface area (Å²) < 4.78 is 32.0. The van der Waals surface area contributed by atoms with Gasteiger partial charge in [-0.2, -0.15) is 4.31 Å². The molecule has 0 spiro atoms. The Hall–Kier alpha value is -2.22. The van der Waals surface area contributed by atoms with Crippen molar-refractivity contribution in [3.8, 4) is 11.4 Å². The van der Waals surface area contributed by atoms with E-state index in [0.29, 0.717) is 31.2 Å². The second-order valence-electron chi connectivity index (χ2n) is 6.10. The number of sulfonamides is 1. The molecule has 130 valence electrons. The fourth-order valence-corrected chi connectivity index (χ4v) is 4.44. The van der Waals surface area contributed by atoms with Crippen molar-refractivity contribution in [1.29, 1.82) is 0 Å². The van der Waals surface area contributed by atoms with Crippen LogP contribution in [0.4, 0.5) is 0 Å². The maximum atomic E-state index is 12.7. The summed E-state index contributed by atoms with van der Waals surface area (Å²) in [6.07, 6.45) is 0. The van der Waals surface area contributed by atoms with E-state index < -0.39 is 10.0 Å². The molecule has 7 heteroatoms. The lowest BCUT2D eigenvalue weighted by Crippen LogP contribution is -2.40. The van der Waals surface area contributed by atoms with Gasteiger partial charge in [0.05, 0.1) is 29.1 Å². The molecule has 2 heterocycles. The van der Waals surface area contributed by atoms with E-state index >= 15 is 0 Å². The third kappa shape index (κ3) is 2.95. The number of para-hydroxylation sites is 1. The van der Waals surface area contributed by atoms with E-state index in [2.05, 4.69) is 9.97 Å². The van der Waals surface area contributed by atoms with Crippen molar-refractivity contribution >= 4 is 21.1 Å². The molecule has 25 heavy (non-hydrogen) atoms. The van der Waals surface area contributed by atoms with Crippen LogP contribution in [0.5, 0.6) is 0 Å². The summed E-state index contributed by atoms with van der Waals surface area (Å²) >= 11 is 0. The standard InChI is InChI=1S/C18H19N3O3S/c1-13-3-2-4-16-17(13)20-18(19-16)14-5-7-15(8-6-14)25(22,23)21-9-11-24-12-10-21/h2-8H,9-12H2,1H3,(H,19,20). The fourth-order valence-electron chi connectivity index (χ4n) is 3.03. The van der Waals surface area contributed by atoms with Crippen LogP contribution in [0.15, 0.2) is 47.4 Å². The van der Waals surface area contributed by atoms with Gasteiger partial charge in [0.25, 0.3) is 0 Å². The Morgan fingerprint density at radius 2 is 1.80 bits per heavy atom. The van der Waals surface area contributed by atoms with Crippen LogP contribution in [0.1, 0.15) is 5.56 Å². The molecule has 4 rings (SSSR count). The molecule has 1 N–H and O–H groups in total. The van der Waals surface area contributed by atoms with Crippen LogP contribution >= 0.6 is 0 Å². The molecule has 1 aromatic heterocycles. The largest absolute Gasteiger partial charge is 0.379 e. The van der Waals surface area contributed by atoms with Crippen molar-refractivity contribution in [2.45, 2.75) is 11.8 Å². The highest BCUT2D eigenvalue weighted by molar-refractivity contribution is 7.89. The molecular formula is C18H19N3O3S. The molecule has 0 radical (unpaired) electrons. The quantitative estimate of drug-likeness (QED) is 0.782. The number of aromatic nitrogens is 2. The van der Waals surface area contributed by atoms with Crippen LogP contribution in [0.2, 0.25) is 0 Å². The number of morpholine rings is 1. The Bertz CT molecular complexity index is 1000. The minimum Gasteiger partial charge on any atom is -0.379 e. The first kappa shape index (κ1) is 16.3. The van der Waals surface area contributed by atoms with Gasteiger partial charge in [0.15, 0.2) is 0 Å². The summed E-state index contributed by atoms with van der Waals surface area (Å²) in [6, 6.07) is 12.8. The van der Waals surface area contributed by atoms with E-state index in [-0.39, 0.29) is 0 Å². The Morgan fingerprint density at radius 3 is 2.48 bits per heavy atom. The lowest BCUT2D eigenvalue weighted by Gasteiger charge is -2.26. The summed E-state index contributed by atoms with van der Waals surface area (Å²) in [5.74, 6) is 0.736. The first-order valence-electron chi connectivity index (χ1n) is 8.19. The Balaban J connectivity index is 1.66. The monoisotopic (exact) mass is 357 g/mol. The molecule has 1 saturated heterocycles. The molecule has 3 aromatic rings. The van der Waals surface area contributed by atoms with Crippen LogP contribution in [0.3, 0.4) is 0 Å². The number of nitrogens with one attached hydrogen (secondary N) is 1. The number of imidazole rings is 1. The van der Waals surface area contributed by atoms with Crippen molar-refractivity contribution in [1.82, 2.24) is 14.3 Å². The minimum absolute atomic E-state index is 0.297. The minimum atomic E-state index is -3.47. The van der Waals surface area contributed by atoms with Gasteiger partial charge in [-0.25, -0.2) is 13.4 Å². The highest BCUT2D eigenvalue weighted by atomic mass is 32.2. The van der Waals surface area contributed by atoms with E-state index in [1.807, 2.05) is 25.1 Å². The zero-order valence-electron chi connectivity index (χ0n) is 13.9. The number of nitrogens with zero attached hydrogens (tertiary/aromatic N) is 2. The zero-order valence-corrected chi connectivity index (χ0v) is 14.7. The molecule has 0 atom stereocenters. The topological polar surface area (TPSA) is 75.3 Å². The molecule has 1 aliphatic heterocycles. The summed E-state index contributed by atoms with van der Waals surface area (Å²) in [6.45, 7) is 3.69. The average molecular weight is 357 g/mol. The third-order valence-corrected chi connectivity index (χ3v) is 6.36. The van der Waals surface area contributed by atoms with Gasteiger partial charge in [-0.3, -0.25) is 0 Å². The van der Waals surface area contributed by atoms with Crippen LogP contribution in [0, 0.1) is 6.92 Å². The molecular weight excluding hydrogens is 338 g/mol. The molecule has 0 aliphatic carbocycles. The van der Waals surface area contributed by atoms with Gasteiger partial charge < -0.3 is 9.72 Å². The highest BCUT2D eigenvalue weighted by Crippen LogP contribution is 2.25. The molecule has 0 unspecified atom stereocenters. The van der Waals surface area contributed by atoms with Gasteiger partial charge in [-0.1, -0.05) is 12.1 Å². The van der Waals surface area contributed by atoms with Gasteiger partial charge in [-0.05, 0) is 42.8 Å². The zero-order chi connectivity index (χ0) is 17.4. The number of rotatable bonds is 3. The van der Waals surface area contributed by atoms with Crippen LogP contribution in [-0.2, 0) is 14.8 Å². The maximum Gasteiger partial charge on any atom is 0.243 e. The van der Waals surface area contributed by atoms with Gasteiger partial charge >= 0.3 is 0 Å². The second kappa shape index (κ2) is 6.25. The van der Waals surface area contributed by atoms with E-state index in [0.717, 1.165) is 28.0 Å². The van der Waals surface area contributed by atoms with E-state index in [1.165, 1.54) is 4.31 Å². The van der Waals surface area contributed by atoms with Gasteiger partial charge in [0, 0.05) is 18.7 Å². The number of H-pyrrole nitrogens is 1. The van der Waals surface area contributed by atoms with Gasteiger partial charge in [0.1, 0.15) is 5.82 Å². The van der Waals surface area contributed by atoms with Crippen LogP contribution < -0.4 is 0 Å². The van der Waals surface area contributed by atoms with Gasteiger partial charge in [0.2, 0.25) is 10.0 Å². The molecule has 0 bridgehead atoms. The number of ether oxygens (including phenoxy) is 1. The van der Waals surface area contributed by atoms with Crippen LogP contribution in [-0.4, -0.2) is 49.0 Å². The number of aryl methyl sites for hydroxylation is 1. The van der Waals surface area contributed by atoms with Crippen molar-refractivity contribution in [2.75, 3.05) is 26.3 Å². The Labute approximate surface area is 146 Å². The normalized spacial score (nSPS) is 16.4. The van der Waals surface area contributed by atoms with Crippen molar-refractivity contribution in [3.05, 3.63) is 48.0 Å². The summed E-state index contributed by atoms with van der Waals surface area (Å²) in [5.41, 5.74) is 3.87. The van der Waals surface area contributed by atoms with Crippen molar-refractivity contribution < 1.29 is 13.2 Å². The van der Waals surface area contributed by atoms with E-state index in [1.54, 1.807) is 24.3 Å². The molecule has 0 saturated carbocycles. The molecule has 1 fully saturated rings. The highest BCUT2D eigenvalue weighted by Gasteiger charge is 2.26. The van der Waals surface area contributed by atoms with Crippen molar-refractivity contribution in [3.63, 3.8) is 0 Å². The number of hydrogen-bond donors (Lipinski definition) is 1. The van der Waals surface area contributed by atoms with E-state index in [4.69, 9.17) is 4.74 Å². The number of benzene rings is 2. The number of aromatic amines is 1. The first-order chi connectivity index (χ1) is 12.1. The SMILES string of the molecule is Cc1cccc2[nH]c(-c3ccc(S(=O)(=O)N4CCOCC4)cc3)nc12. The van der Waals surface area contributed by atoms with Crippen LogP contribution in [0.25, 0.3) is 22.4 Å². The Kier molecular flexibility index (Phi) is 4.07. The average Bonchev–Trinajstić information content (AvgIpc) is 3.08. The van der Waals surface area contributed by atoms with E-state index in [9.17, 15) is 8.42 Å². The lowest BCUT2D eigenvalue weighted by atomic mass is 10.2. The number of fused-ring (bicyclic) bond motifs is 1. The fraction of sp³-hybridized carbons (Fsp3) is 0.278. The second-order valence-corrected chi connectivity index (χ2v) is 8.04. The molecule has 6 nitrogen and oxygen atoms in total. The van der Waals surface area contributed by atoms with Crippen molar-refractivity contribution in [2.24, 2.45) is 0 Å². The molecule has 0 amide bonds. The maximum absolute atomic E-state index is 12.7. The molecule has 1 aliphatic rings. The number of hydrogen-bond acceptors (Lipinski definition) is 4.